The molecule has 0 atom stereocenters. The Labute approximate surface area is 186 Å². The van der Waals surface area contributed by atoms with E-state index in [1.807, 2.05) is 48.5 Å². The highest BCUT2D eigenvalue weighted by atomic mass is 16.6. The van der Waals surface area contributed by atoms with E-state index < -0.39 is 4.92 Å². The summed E-state index contributed by atoms with van der Waals surface area (Å²) in [5.74, 6) is 1.02. The third-order valence-corrected chi connectivity index (χ3v) is 4.87. The fourth-order valence-corrected chi connectivity index (χ4v) is 3.24. The summed E-state index contributed by atoms with van der Waals surface area (Å²) in [5, 5.41) is 14.0. The molecule has 0 saturated carbocycles. The van der Waals surface area contributed by atoms with Crippen molar-refractivity contribution in [3.63, 3.8) is 0 Å². The quantitative estimate of drug-likeness (QED) is 0.232. The maximum absolute atomic E-state index is 13.0. The molecule has 1 amide bonds. The second-order valence-corrected chi connectivity index (χ2v) is 6.97. The standard InChI is InChI=1S/C25H24N2O5/c1-31-23-12-11-18(17-24(23)32-2)13-14-26-25(28)22(20-8-4-3-5-9-20)16-19-7-6-10-21(15-19)27(29)30/h3-12,15-17H,13-14H2,1-2H3,(H,26,28)/b22-16+. The van der Waals surface area contributed by atoms with Gasteiger partial charge in [0.25, 0.3) is 11.6 Å². The zero-order chi connectivity index (χ0) is 22.9. The normalized spacial score (nSPS) is 11.0. The zero-order valence-electron chi connectivity index (χ0n) is 17.9. The maximum atomic E-state index is 13.0. The summed E-state index contributed by atoms with van der Waals surface area (Å²) < 4.78 is 10.6. The van der Waals surface area contributed by atoms with Crippen LogP contribution in [0.3, 0.4) is 0 Å². The second-order valence-electron chi connectivity index (χ2n) is 6.97. The van der Waals surface area contributed by atoms with Crippen LogP contribution in [0.15, 0.2) is 72.8 Å². The second kappa shape index (κ2) is 10.8. The van der Waals surface area contributed by atoms with Crippen LogP contribution in [0.5, 0.6) is 11.5 Å². The largest absolute Gasteiger partial charge is 0.493 e. The third kappa shape index (κ3) is 5.72. The molecular formula is C25H24N2O5. The molecular weight excluding hydrogens is 408 g/mol. The van der Waals surface area contributed by atoms with E-state index >= 15 is 0 Å². The SMILES string of the molecule is COc1ccc(CCNC(=O)/C(=C/c2cccc([N+](=O)[O-])c2)c2ccccc2)cc1OC. The van der Waals surface area contributed by atoms with Gasteiger partial charge in [0.1, 0.15) is 0 Å². The lowest BCUT2D eigenvalue weighted by atomic mass is 10.0. The molecule has 32 heavy (non-hydrogen) atoms. The number of rotatable bonds is 9. The van der Waals surface area contributed by atoms with Gasteiger partial charge in [0.15, 0.2) is 11.5 Å². The van der Waals surface area contributed by atoms with Gasteiger partial charge in [0.2, 0.25) is 0 Å². The van der Waals surface area contributed by atoms with E-state index in [1.54, 1.807) is 32.4 Å². The van der Waals surface area contributed by atoms with Crippen molar-refractivity contribution in [3.8, 4) is 11.5 Å². The van der Waals surface area contributed by atoms with E-state index in [9.17, 15) is 14.9 Å². The number of ether oxygens (including phenoxy) is 2. The number of nitrogens with one attached hydrogen (secondary N) is 1. The number of amides is 1. The van der Waals surface area contributed by atoms with E-state index in [0.29, 0.717) is 35.6 Å². The van der Waals surface area contributed by atoms with Gasteiger partial charge in [-0.3, -0.25) is 14.9 Å². The van der Waals surface area contributed by atoms with Gasteiger partial charge in [-0.2, -0.15) is 0 Å². The molecule has 0 heterocycles. The summed E-state index contributed by atoms with van der Waals surface area (Å²) in [6.07, 6.45) is 2.26. The summed E-state index contributed by atoms with van der Waals surface area (Å²) in [4.78, 5) is 23.7. The molecule has 0 radical (unpaired) electrons. The van der Waals surface area contributed by atoms with Crippen LogP contribution < -0.4 is 14.8 Å². The van der Waals surface area contributed by atoms with E-state index in [-0.39, 0.29) is 11.6 Å². The Hall–Kier alpha value is -4.13. The van der Waals surface area contributed by atoms with Crippen LogP contribution in [0.2, 0.25) is 0 Å². The number of benzene rings is 3. The number of nitro groups is 1. The van der Waals surface area contributed by atoms with Crippen molar-refractivity contribution >= 4 is 23.2 Å². The Balaban J connectivity index is 1.78. The topological polar surface area (TPSA) is 90.7 Å². The van der Waals surface area contributed by atoms with Crippen LogP contribution in [-0.2, 0) is 11.2 Å². The van der Waals surface area contributed by atoms with Crippen LogP contribution in [0.1, 0.15) is 16.7 Å². The van der Waals surface area contributed by atoms with Crippen molar-refractivity contribution in [1.29, 1.82) is 0 Å². The molecule has 0 bridgehead atoms. The minimum atomic E-state index is -0.456. The predicted molar refractivity (Wildman–Crippen MR) is 124 cm³/mol. The summed E-state index contributed by atoms with van der Waals surface area (Å²) >= 11 is 0. The molecule has 7 nitrogen and oxygen atoms in total. The molecule has 7 heteroatoms. The molecule has 164 valence electrons. The molecule has 0 aliphatic heterocycles. The number of methoxy groups -OCH3 is 2. The van der Waals surface area contributed by atoms with E-state index in [4.69, 9.17) is 9.47 Å². The number of carbonyl (C=O) groups is 1. The average molecular weight is 432 g/mol. The first-order chi connectivity index (χ1) is 15.5. The number of non-ortho nitro benzene ring substituents is 1. The van der Waals surface area contributed by atoms with Gasteiger partial charge >= 0.3 is 0 Å². The smallest absolute Gasteiger partial charge is 0.270 e. The molecule has 0 fully saturated rings. The van der Waals surface area contributed by atoms with E-state index in [1.165, 1.54) is 12.1 Å². The number of nitro benzene ring substituents is 1. The lowest BCUT2D eigenvalue weighted by Gasteiger charge is -2.12. The molecule has 3 aromatic carbocycles. The highest BCUT2D eigenvalue weighted by Gasteiger charge is 2.13. The Bertz CT molecular complexity index is 1130. The summed E-state index contributed by atoms with van der Waals surface area (Å²) in [7, 11) is 3.16. The van der Waals surface area contributed by atoms with Crippen molar-refractivity contribution in [2.24, 2.45) is 0 Å². The molecule has 3 aromatic rings. The average Bonchev–Trinajstić information content (AvgIpc) is 2.83. The number of nitrogens with zero attached hydrogens (tertiary/aromatic N) is 1. The van der Waals surface area contributed by atoms with E-state index in [2.05, 4.69) is 5.32 Å². The summed E-state index contributed by atoms with van der Waals surface area (Å²) in [5.41, 5.74) is 2.70. The molecule has 0 saturated heterocycles. The number of hydrogen-bond donors (Lipinski definition) is 1. The fourth-order valence-electron chi connectivity index (χ4n) is 3.24. The van der Waals surface area contributed by atoms with Crippen LogP contribution in [0.25, 0.3) is 11.6 Å². The van der Waals surface area contributed by atoms with Crippen LogP contribution >= 0.6 is 0 Å². The van der Waals surface area contributed by atoms with Crippen LogP contribution in [0, 0.1) is 10.1 Å². The van der Waals surface area contributed by atoms with Crippen molar-refractivity contribution in [2.75, 3.05) is 20.8 Å². The number of hydrogen-bond acceptors (Lipinski definition) is 5. The van der Waals surface area contributed by atoms with Gasteiger partial charge in [-0.05, 0) is 41.3 Å². The van der Waals surface area contributed by atoms with Gasteiger partial charge in [0.05, 0.1) is 19.1 Å². The third-order valence-electron chi connectivity index (χ3n) is 4.87. The lowest BCUT2D eigenvalue weighted by molar-refractivity contribution is -0.384. The highest BCUT2D eigenvalue weighted by molar-refractivity contribution is 6.24. The molecule has 3 rings (SSSR count). The van der Waals surface area contributed by atoms with Gasteiger partial charge in [-0.15, -0.1) is 0 Å². The Morgan fingerprint density at radius 2 is 1.72 bits per heavy atom. The lowest BCUT2D eigenvalue weighted by Crippen LogP contribution is -2.26. The Morgan fingerprint density at radius 1 is 0.969 bits per heavy atom. The Morgan fingerprint density at radius 3 is 2.41 bits per heavy atom. The first kappa shape index (κ1) is 22.6. The highest BCUT2D eigenvalue weighted by Crippen LogP contribution is 2.27. The predicted octanol–water partition coefficient (Wildman–Crippen LogP) is 4.51. The van der Waals surface area contributed by atoms with E-state index in [0.717, 1.165) is 11.1 Å². The first-order valence-electron chi connectivity index (χ1n) is 10.0. The van der Waals surface area contributed by atoms with Crippen molar-refractivity contribution in [2.45, 2.75) is 6.42 Å². The van der Waals surface area contributed by atoms with Gasteiger partial charge in [-0.1, -0.05) is 48.5 Å². The molecule has 0 unspecified atom stereocenters. The minimum Gasteiger partial charge on any atom is -0.493 e. The first-order valence-corrected chi connectivity index (χ1v) is 10.0. The van der Waals surface area contributed by atoms with Gasteiger partial charge in [-0.25, -0.2) is 0 Å². The fraction of sp³-hybridized carbons (Fsp3) is 0.160. The minimum absolute atomic E-state index is 0.0278. The Kier molecular flexibility index (Phi) is 7.59. The monoisotopic (exact) mass is 432 g/mol. The van der Waals surface area contributed by atoms with Crippen molar-refractivity contribution < 1.29 is 19.2 Å². The maximum Gasteiger partial charge on any atom is 0.270 e. The number of carbonyl (C=O) groups excluding carboxylic acids is 1. The molecule has 0 aliphatic carbocycles. The summed E-state index contributed by atoms with van der Waals surface area (Å²) in [6, 6.07) is 21.0. The van der Waals surface area contributed by atoms with Crippen molar-refractivity contribution in [3.05, 3.63) is 99.6 Å². The summed E-state index contributed by atoms with van der Waals surface area (Å²) in [6.45, 7) is 0.410. The molecule has 0 spiro atoms. The molecule has 0 aromatic heterocycles. The van der Waals surface area contributed by atoms with Crippen LogP contribution in [-0.4, -0.2) is 31.6 Å². The zero-order valence-corrected chi connectivity index (χ0v) is 17.9. The van der Waals surface area contributed by atoms with Gasteiger partial charge in [0, 0.05) is 24.3 Å². The van der Waals surface area contributed by atoms with Crippen LogP contribution in [0.4, 0.5) is 5.69 Å². The van der Waals surface area contributed by atoms with Gasteiger partial charge < -0.3 is 14.8 Å². The molecule has 0 aliphatic rings. The van der Waals surface area contributed by atoms with Crippen molar-refractivity contribution in [1.82, 2.24) is 5.32 Å². The molecule has 1 N–H and O–H groups in total.